The third-order valence-electron chi connectivity index (χ3n) is 4.20. The summed E-state index contributed by atoms with van der Waals surface area (Å²) < 4.78 is 10.6. The van der Waals surface area contributed by atoms with Gasteiger partial charge in [-0.3, -0.25) is 4.79 Å². The number of halogens is 1. The number of ether oxygens (including phenoxy) is 2. The van der Waals surface area contributed by atoms with Crippen LogP contribution >= 0.6 is 11.6 Å². The van der Waals surface area contributed by atoms with Crippen molar-refractivity contribution in [1.82, 2.24) is 0 Å². The summed E-state index contributed by atoms with van der Waals surface area (Å²) in [7, 11) is 3.22. The first-order valence-electron chi connectivity index (χ1n) is 8.04. The molecule has 1 aliphatic carbocycles. The van der Waals surface area contributed by atoms with E-state index in [2.05, 4.69) is 0 Å². The smallest absolute Gasteiger partial charge is 0.185 e. The molecule has 0 amide bonds. The average molecular weight is 355 g/mol. The van der Waals surface area contributed by atoms with Crippen LogP contribution in [0, 0.1) is 0 Å². The predicted octanol–water partition coefficient (Wildman–Crippen LogP) is 5.19. The van der Waals surface area contributed by atoms with E-state index in [0.29, 0.717) is 22.9 Å². The number of Topliss-reactive ketones (excluding diaryl/α,β-unsaturated/α-hetero) is 1. The monoisotopic (exact) mass is 354 g/mol. The predicted molar refractivity (Wildman–Crippen MR) is 101 cm³/mol. The average Bonchev–Trinajstić information content (AvgIpc) is 2.96. The molecule has 1 aliphatic rings. The number of allylic oxidation sites excluding steroid dienone is 2. The molecular formula is C21H19ClO3. The Morgan fingerprint density at radius 2 is 1.52 bits per heavy atom. The van der Waals surface area contributed by atoms with Crippen molar-refractivity contribution in [2.75, 3.05) is 14.2 Å². The van der Waals surface area contributed by atoms with Crippen molar-refractivity contribution in [1.29, 1.82) is 0 Å². The van der Waals surface area contributed by atoms with Crippen molar-refractivity contribution < 1.29 is 14.3 Å². The molecule has 0 radical (unpaired) electrons. The summed E-state index contributed by atoms with van der Waals surface area (Å²) in [5, 5.41) is 0.651. The third kappa shape index (κ3) is 3.94. The van der Waals surface area contributed by atoms with E-state index >= 15 is 0 Å². The quantitative estimate of drug-likeness (QED) is 0.709. The minimum absolute atomic E-state index is 0.0710. The number of carbonyl (C=O) groups is 1. The molecule has 128 valence electrons. The van der Waals surface area contributed by atoms with Gasteiger partial charge in [0.25, 0.3) is 0 Å². The Hall–Kier alpha value is -2.52. The number of benzene rings is 2. The zero-order valence-electron chi connectivity index (χ0n) is 14.2. The van der Waals surface area contributed by atoms with Crippen LogP contribution in [-0.4, -0.2) is 20.0 Å². The Balaban J connectivity index is 1.89. The molecule has 0 unspecified atom stereocenters. The van der Waals surface area contributed by atoms with Crippen LogP contribution < -0.4 is 9.47 Å². The molecule has 3 nitrogen and oxygen atoms in total. The van der Waals surface area contributed by atoms with E-state index in [4.69, 9.17) is 21.1 Å². The molecule has 4 heteroatoms. The lowest BCUT2D eigenvalue weighted by Gasteiger charge is -2.06. The van der Waals surface area contributed by atoms with Gasteiger partial charge in [-0.1, -0.05) is 29.8 Å². The van der Waals surface area contributed by atoms with Gasteiger partial charge >= 0.3 is 0 Å². The van der Waals surface area contributed by atoms with E-state index < -0.39 is 0 Å². The molecule has 1 saturated carbocycles. The van der Waals surface area contributed by atoms with Gasteiger partial charge < -0.3 is 9.47 Å². The largest absolute Gasteiger partial charge is 0.497 e. The summed E-state index contributed by atoms with van der Waals surface area (Å²) >= 11 is 6.19. The molecule has 0 heterocycles. The molecule has 2 aromatic carbocycles. The second-order valence-corrected chi connectivity index (χ2v) is 6.24. The van der Waals surface area contributed by atoms with Crippen LogP contribution in [0.3, 0.4) is 0 Å². The standard InChI is InChI=1S/C21H19ClO3/c1-24-18-10-14(11-19(13-18)25-2)9-16-7-8-17(21(16)23)12-15-5-3-4-6-20(15)22/h3-6,9-13H,7-8H2,1-2H3. The normalized spacial score (nSPS) is 17.3. The fourth-order valence-electron chi connectivity index (χ4n) is 2.87. The molecule has 2 aromatic rings. The van der Waals surface area contributed by atoms with Crippen LogP contribution in [0.1, 0.15) is 24.0 Å². The first kappa shape index (κ1) is 17.3. The van der Waals surface area contributed by atoms with Gasteiger partial charge in [-0.05, 0) is 54.3 Å². The van der Waals surface area contributed by atoms with Gasteiger partial charge in [-0.2, -0.15) is 0 Å². The number of carbonyl (C=O) groups excluding carboxylic acids is 1. The molecule has 0 aliphatic heterocycles. The van der Waals surface area contributed by atoms with Crippen LogP contribution in [-0.2, 0) is 4.79 Å². The van der Waals surface area contributed by atoms with E-state index in [1.165, 1.54) is 0 Å². The van der Waals surface area contributed by atoms with Gasteiger partial charge in [0, 0.05) is 22.2 Å². The highest BCUT2D eigenvalue weighted by molar-refractivity contribution is 6.32. The summed E-state index contributed by atoms with van der Waals surface area (Å²) in [4.78, 5) is 12.7. The lowest BCUT2D eigenvalue weighted by Crippen LogP contribution is -1.96. The first-order valence-corrected chi connectivity index (χ1v) is 8.42. The van der Waals surface area contributed by atoms with Crippen LogP contribution in [0.25, 0.3) is 12.2 Å². The Morgan fingerprint density at radius 1 is 0.920 bits per heavy atom. The van der Waals surface area contributed by atoms with Crippen LogP contribution in [0.4, 0.5) is 0 Å². The molecule has 0 saturated heterocycles. The van der Waals surface area contributed by atoms with E-state index in [1.807, 2.05) is 48.6 Å². The number of hydrogen-bond donors (Lipinski definition) is 0. The summed E-state index contributed by atoms with van der Waals surface area (Å²) in [5.74, 6) is 1.47. The molecule has 0 aromatic heterocycles. The van der Waals surface area contributed by atoms with E-state index in [0.717, 1.165) is 28.7 Å². The fraction of sp³-hybridized carbons (Fsp3) is 0.190. The minimum atomic E-state index is 0.0710. The number of hydrogen-bond acceptors (Lipinski definition) is 3. The lowest BCUT2D eigenvalue weighted by molar-refractivity contribution is -0.111. The maximum Gasteiger partial charge on any atom is 0.185 e. The highest BCUT2D eigenvalue weighted by Gasteiger charge is 2.23. The van der Waals surface area contributed by atoms with Gasteiger partial charge in [0.2, 0.25) is 0 Å². The molecule has 0 atom stereocenters. The molecule has 25 heavy (non-hydrogen) atoms. The van der Waals surface area contributed by atoms with Crippen molar-refractivity contribution in [3.8, 4) is 11.5 Å². The van der Waals surface area contributed by atoms with Crippen molar-refractivity contribution in [3.05, 3.63) is 69.8 Å². The van der Waals surface area contributed by atoms with Gasteiger partial charge in [-0.15, -0.1) is 0 Å². The van der Waals surface area contributed by atoms with Crippen molar-refractivity contribution >= 4 is 29.5 Å². The van der Waals surface area contributed by atoms with Crippen molar-refractivity contribution in [3.63, 3.8) is 0 Å². The second-order valence-electron chi connectivity index (χ2n) is 5.84. The summed E-state index contributed by atoms with van der Waals surface area (Å²) in [6.07, 6.45) is 5.23. The highest BCUT2D eigenvalue weighted by atomic mass is 35.5. The number of ketones is 1. The summed E-state index contributed by atoms with van der Waals surface area (Å²) in [6, 6.07) is 13.1. The molecule has 1 fully saturated rings. The Bertz CT molecular complexity index is 843. The Labute approximate surface area is 152 Å². The summed E-state index contributed by atoms with van der Waals surface area (Å²) in [6.45, 7) is 0. The van der Waals surface area contributed by atoms with Crippen LogP contribution in [0.15, 0.2) is 53.6 Å². The van der Waals surface area contributed by atoms with Crippen molar-refractivity contribution in [2.45, 2.75) is 12.8 Å². The topological polar surface area (TPSA) is 35.5 Å². The second kappa shape index (κ2) is 7.58. The molecule has 3 rings (SSSR count). The highest BCUT2D eigenvalue weighted by Crippen LogP contribution is 2.32. The molecule has 0 N–H and O–H groups in total. The van der Waals surface area contributed by atoms with E-state index in [1.54, 1.807) is 20.3 Å². The Morgan fingerprint density at radius 3 is 2.12 bits per heavy atom. The maximum atomic E-state index is 12.7. The Kier molecular flexibility index (Phi) is 5.25. The van der Waals surface area contributed by atoms with Gasteiger partial charge in [-0.25, -0.2) is 0 Å². The van der Waals surface area contributed by atoms with E-state index in [9.17, 15) is 4.79 Å². The SMILES string of the molecule is COc1cc(C=C2CCC(=Cc3ccccc3Cl)C2=O)cc(OC)c1. The van der Waals surface area contributed by atoms with Crippen molar-refractivity contribution in [2.24, 2.45) is 0 Å². The van der Waals surface area contributed by atoms with Gasteiger partial charge in [0.1, 0.15) is 11.5 Å². The maximum absolute atomic E-state index is 12.7. The summed E-state index contributed by atoms with van der Waals surface area (Å²) in [5.41, 5.74) is 3.33. The molecular weight excluding hydrogens is 336 g/mol. The minimum Gasteiger partial charge on any atom is -0.497 e. The zero-order valence-corrected chi connectivity index (χ0v) is 15.0. The molecule has 0 spiro atoms. The first-order chi connectivity index (χ1) is 12.1. The zero-order chi connectivity index (χ0) is 17.8. The van der Waals surface area contributed by atoms with E-state index in [-0.39, 0.29) is 5.78 Å². The van der Waals surface area contributed by atoms with Crippen LogP contribution in [0.2, 0.25) is 5.02 Å². The van der Waals surface area contributed by atoms with Gasteiger partial charge in [0.15, 0.2) is 5.78 Å². The fourth-order valence-corrected chi connectivity index (χ4v) is 3.06. The number of rotatable bonds is 4. The van der Waals surface area contributed by atoms with Gasteiger partial charge in [0.05, 0.1) is 14.2 Å². The number of methoxy groups -OCH3 is 2. The molecule has 0 bridgehead atoms. The third-order valence-corrected chi connectivity index (χ3v) is 4.54. The lowest BCUT2D eigenvalue weighted by atomic mass is 10.1. The van der Waals surface area contributed by atoms with Crippen LogP contribution in [0.5, 0.6) is 11.5 Å².